The molecule has 0 atom stereocenters. The summed E-state index contributed by atoms with van der Waals surface area (Å²) in [4.78, 5) is 0. The fourth-order valence-corrected chi connectivity index (χ4v) is 1.88. The van der Waals surface area contributed by atoms with E-state index in [0.29, 0.717) is 12.0 Å². The zero-order chi connectivity index (χ0) is 13.5. The summed E-state index contributed by atoms with van der Waals surface area (Å²) in [5.41, 5.74) is -0.767. The summed E-state index contributed by atoms with van der Waals surface area (Å²) < 4.78 is 51.0. The molecule has 0 fully saturated rings. The van der Waals surface area contributed by atoms with Crippen LogP contribution in [0.2, 0.25) is 0 Å². The summed E-state index contributed by atoms with van der Waals surface area (Å²) in [7, 11) is 0. The van der Waals surface area contributed by atoms with Crippen molar-refractivity contribution < 1.29 is 116 Å². The second kappa shape index (κ2) is 32.8. The maximum Gasteiger partial charge on any atom is 0.164 e. The van der Waals surface area contributed by atoms with Gasteiger partial charge in [0, 0.05) is 110 Å². The van der Waals surface area contributed by atoms with Crippen molar-refractivity contribution in [1.29, 1.82) is 0 Å². The summed E-state index contributed by atoms with van der Waals surface area (Å²) in [5, 5.41) is 0. The Hall–Kier alpha value is 2.12. The van der Waals surface area contributed by atoms with E-state index in [4.69, 9.17) is 0 Å². The topological polar surface area (TPSA) is 0 Å². The van der Waals surface area contributed by atoms with Crippen molar-refractivity contribution >= 4 is 0 Å². The van der Waals surface area contributed by atoms with Crippen molar-refractivity contribution in [3.05, 3.63) is 41.3 Å². The van der Waals surface area contributed by atoms with Crippen LogP contribution < -0.4 is 0 Å². The number of hydrogen-bond donors (Lipinski definition) is 0. The molecule has 159 valence electrons. The minimum atomic E-state index is -2.32. The molecule has 0 aliphatic heterocycles. The Kier molecular flexibility index (Phi) is 69.1. The second-order valence-corrected chi connectivity index (χ2v) is 4.36. The first kappa shape index (κ1) is 56.9. The SMILES string of the molecule is C.C.C.C.C.C.CCCCCCCc1cc(F)c([C-](F)F)c(F)c1.[Y].[Y].[Y]. The van der Waals surface area contributed by atoms with Crippen molar-refractivity contribution in [2.45, 2.75) is 90.0 Å². The van der Waals surface area contributed by atoms with E-state index in [0.717, 1.165) is 44.2 Å². The van der Waals surface area contributed by atoms with Crippen LogP contribution in [0.15, 0.2) is 12.1 Å². The van der Waals surface area contributed by atoms with Gasteiger partial charge in [-0.2, -0.15) is 0 Å². The van der Waals surface area contributed by atoms with Gasteiger partial charge in [0.15, 0.2) is 6.43 Å². The Morgan fingerprint density at radius 1 is 0.704 bits per heavy atom. The summed E-state index contributed by atoms with van der Waals surface area (Å²) in [6.07, 6.45) is 3.37. The monoisotopic (exact) mass is 624 g/mol. The molecule has 0 aliphatic rings. The molecule has 0 N–H and O–H groups in total. The van der Waals surface area contributed by atoms with E-state index in [9.17, 15) is 17.6 Å². The Labute approximate surface area is 243 Å². The molecule has 0 saturated heterocycles. The molecule has 3 radical (unpaired) electrons. The number of aryl methyl sites for hydroxylation is 1. The van der Waals surface area contributed by atoms with Gasteiger partial charge in [-0.15, -0.1) is 0 Å². The first-order chi connectivity index (χ1) is 8.56. The maximum absolute atomic E-state index is 13.3. The van der Waals surface area contributed by atoms with Crippen LogP contribution in [0.4, 0.5) is 17.6 Å². The standard InChI is InChI=1S/C14H17F4.6CH4.3Y/c1-2-3-4-5-6-7-10-8-11(15)13(14(17)18)12(16)9-10;;;;;;;;;/h8-9H,2-7H2,1H3;6*1H4;;;/q-1;;;;;;;;;. The van der Waals surface area contributed by atoms with E-state index in [1.807, 2.05) is 0 Å². The van der Waals surface area contributed by atoms with Crippen molar-refractivity contribution in [1.82, 2.24) is 0 Å². The number of unbranched alkanes of at least 4 members (excludes halogenated alkanes) is 4. The minimum Gasteiger partial charge on any atom is -0.283 e. The predicted octanol–water partition coefficient (Wildman–Crippen LogP) is 9.06. The van der Waals surface area contributed by atoms with Gasteiger partial charge in [0.1, 0.15) is 0 Å². The number of benzene rings is 1. The van der Waals surface area contributed by atoms with Gasteiger partial charge >= 0.3 is 0 Å². The number of hydrogen-bond acceptors (Lipinski definition) is 0. The Balaban J connectivity index is -0.0000000514. The van der Waals surface area contributed by atoms with Crippen LogP contribution >= 0.6 is 0 Å². The van der Waals surface area contributed by atoms with Crippen LogP contribution in [0.5, 0.6) is 0 Å². The summed E-state index contributed by atoms with van der Waals surface area (Å²) in [6, 6.07) is 1.99. The molecular weight excluding hydrogens is 583 g/mol. The zero-order valence-electron chi connectivity index (χ0n) is 12.1. The first-order valence-electron chi connectivity index (χ1n) is 6.22. The van der Waals surface area contributed by atoms with Crippen molar-refractivity contribution in [2.75, 3.05) is 0 Å². The van der Waals surface area contributed by atoms with Gasteiger partial charge in [-0.3, -0.25) is 17.6 Å². The van der Waals surface area contributed by atoms with E-state index in [1.165, 1.54) is 0 Å². The molecule has 0 nitrogen and oxygen atoms in total. The molecule has 0 aliphatic carbocycles. The molecule has 1 rings (SSSR count). The Bertz CT molecular complexity index is 366. The number of halogens is 4. The molecule has 0 unspecified atom stereocenters. The summed E-state index contributed by atoms with van der Waals surface area (Å²) in [6.45, 7) is 2.10. The molecule has 0 saturated carbocycles. The van der Waals surface area contributed by atoms with Gasteiger partial charge in [-0.1, -0.05) is 100 Å². The third-order valence-electron chi connectivity index (χ3n) is 2.86. The Morgan fingerprint density at radius 3 is 1.41 bits per heavy atom. The van der Waals surface area contributed by atoms with Crippen molar-refractivity contribution in [3.8, 4) is 0 Å². The average molecular weight is 624 g/mol. The molecule has 1 aromatic carbocycles. The fraction of sp³-hybridized carbons (Fsp3) is 0.650. The first-order valence-corrected chi connectivity index (χ1v) is 6.22. The largest absolute Gasteiger partial charge is 0.283 e. The molecule has 0 aromatic heterocycles. The van der Waals surface area contributed by atoms with Crippen LogP contribution in [0.25, 0.3) is 0 Å². The van der Waals surface area contributed by atoms with Crippen LogP contribution in [0.3, 0.4) is 0 Å². The molecule has 0 heterocycles. The molecule has 27 heavy (non-hydrogen) atoms. The van der Waals surface area contributed by atoms with Crippen molar-refractivity contribution in [3.63, 3.8) is 0 Å². The quantitative estimate of drug-likeness (QED) is 0.161. The van der Waals surface area contributed by atoms with Gasteiger partial charge in [0.25, 0.3) is 0 Å². The van der Waals surface area contributed by atoms with E-state index in [2.05, 4.69) is 6.92 Å². The van der Waals surface area contributed by atoms with Crippen LogP contribution in [-0.2, 0) is 105 Å². The Morgan fingerprint density at radius 2 is 1.07 bits per heavy atom. The van der Waals surface area contributed by atoms with Crippen LogP contribution in [0.1, 0.15) is 94.7 Å². The molecule has 0 spiro atoms. The van der Waals surface area contributed by atoms with Gasteiger partial charge in [0.05, 0.1) is 0 Å². The fourth-order valence-electron chi connectivity index (χ4n) is 1.88. The molecule has 0 bridgehead atoms. The molecule has 7 heteroatoms. The van der Waals surface area contributed by atoms with Gasteiger partial charge in [-0.05, 0) is 12.8 Å². The smallest absolute Gasteiger partial charge is 0.164 e. The molecule has 1 aromatic rings. The van der Waals surface area contributed by atoms with Gasteiger partial charge < -0.3 is 0 Å². The third kappa shape index (κ3) is 22.6. The van der Waals surface area contributed by atoms with Crippen LogP contribution in [-0.4, -0.2) is 0 Å². The van der Waals surface area contributed by atoms with E-state index >= 15 is 0 Å². The van der Waals surface area contributed by atoms with E-state index in [1.54, 1.807) is 0 Å². The molecule has 0 amide bonds. The predicted molar refractivity (Wildman–Crippen MR) is 104 cm³/mol. The summed E-state index contributed by atoms with van der Waals surface area (Å²) >= 11 is 0. The number of rotatable bonds is 7. The third-order valence-corrected chi connectivity index (χ3v) is 2.86. The van der Waals surface area contributed by atoms with Crippen LogP contribution in [0, 0.1) is 18.1 Å². The van der Waals surface area contributed by atoms with E-state index < -0.39 is 23.6 Å². The maximum atomic E-state index is 13.3. The van der Waals surface area contributed by atoms with Gasteiger partial charge in [0.2, 0.25) is 0 Å². The van der Waals surface area contributed by atoms with Gasteiger partial charge in [-0.25, -0.2) is 0 Å². The zero-order valence-corrected chi connectivity index (χ0v) is 20.7. The summed E-state index contributed by atoms with van der Waals surface area (Å²) in [5.74, 6) is -2.36. The normalized spacial score (nSPS) is 7.15. The molecular formula is C20H41F4Y3-. The minimum absolute atomic E-state index is 0. The average Bonchev–Trinajstić information content (AvgIpc) is 2.27. The second-order valence-electron chi connectivity index (χ2n) is 4.36. The van der Waals surface area contributed by atoms with Crippen molar-refractivity contribution in [2.24, 2.45) is 0 Å². The van der Waals surface area contributed by atoms with E-state index in [-0.39, 0.29) is 143 Å².